The summed E-state index contributed by atoms with van der Waals surface area (Å²) in [6, 6.07) is 8.78. The van der Waals surface area contributed by atoms with Gasteiger partial charge in [0.2, 0.25) is 0 Å². The van der Waals surface area contributed by atoms with Crippen molar-refractivity contribution in [3.8, 4) is 0 Å². The van der Waals surface area contributed by atoms with Crippen molar-refractivity contribution < 1.29 is 9.90 Å². The molecule has 1 heterocycles. The molecule has 0 atom stereocenters. The summed E-state index contributed by atoms with van der Waals surface area (Å²) in [5.74, 6) is -0.367. The maximum absolute atomic E-state index is 11.2. The minimum absolute atomic E-state index is 0.265. The highest BCUT2D eigenvalue weighted by molar-refractivity contribution is 6.03. The third-order valence-corrected chi connectivity index (χ3v) is 2.60. The van der Waals surface area contributed by atoms with Crippen molar-refractivity contribution >= 4 is 22.7 Å². The number of hydrogen-bond acceptors (Lipinski definition) is 3. The van der Waals surface area contributed by atoms with Gasteiger partial charge in [-0.1, -0.05) is 24.3 Å². The van der Waals surface area contributed by atoms with Crippen molar-refractivity contribution in [1.82, 2.24) is 4.98 Å². The molecule has 0 spiro atoms. The number of hydrogen-bond donors (Lipinski definition) is 2. The van der Waals surface area contributed by atoms with Crippen LogP contribution >= 0.6 is 0 Å². The second-order valence-corrected chi connectivity index (χ2v) is 3.88. The fourth-order valence-corrected chi connectivity index (χ4v) is 1.75. The summed E-state index contributed by atoms with van der Waals surface area (Å²) in [6.45, 7) is 4.32. The van der Waals surface area contributed by atoms with Crippen LogP contribution < -0.4 is 5.32 Å². The van der Waals surface area contributed by atoms with E-state index in [-0.39, 0.29) is 5.56 Å². The van der Waals surface area contributed by atoms with Gasteiger partial charge in [0.05, 0.1) is 11.1 Å². The van der Waals surface area contributed by atoms with Gasteiger partial charge in [0.15, 0.2) is 0 Å². The predicted octanol–water partition coefficient (Wildman–Crippen LogP) is 2.92. The molecule has 0 saturated carbocycles. The highest BCUT2D eigenvalue weighted by atomic mass is 16.4. The molecule has 2 N–H and O–H groups in total. The zero-order valence-corrected chi connectivity index (χ0v) is 9.89. The van der Waals surface area contributed by atoms with Gasteiger partial charge in [0, 0.05) is 11.9 Å². The molecular weight excluding hydrogens is 228 g/mol. The Morgan fingerprint density at radius 3 is 2.94 bits per heavy atom. The molecule has 0 saturated heterocycles. The summed E-state index contributed by atoms with van der Waals surface area (Å²) >= 11 is 0. The summed E-state index contributed by atoms with van der Waals surface area (Å²) < 4.78 is 0. The number of aromatic nitrogens is 1. The molecule has 92 valence electrons. The number of benzene rings is 1. The van der Waals surface area contributed by atoms with E-state index in [1.807, 2.05) is 6.07 Å². The lowest BCUT2D eigenvalue weighted by molar-refractivity contribution is 0.0699. The zero-order valence-electron chi connectivity index (χ0n) is 9.89. The van der Waals surface area contributed by atoms with Crippen LogP contribution in [0.4, 0.5) is 5.82 Å². The number of rotatable bonds is 5. The molecule has 2 aromatic rings. The number of anilines is 1. The van der Waals surface area contributed by atoms with Gasteiger partial charge in [0.1, 0.15) is 5.82 Å². The molecule has 2 rings (SSSR count). The number of carbonyl (C=O) groups is 1. The molecule has 0 fully saturated rings. The van der Waals surface area contributed by atoms with Gasteiger partial charge in [-0.05, 0) is 18.6 Å². The van der Waals surface area contributed by atoms with E-state index < -0.39 is 5.97 Å². The van der Waals surface area contributed by atoms with E-state index in [1.165, 1.54) is 0 Å². The number of para-hydroxylation sites is 1. The van der Waals surface area contributed by atoms with E-state index in [1.54, 1.807) is 30.3 Å². The van der Waals surface area contributed by atoms with Gasteiger partial charge in [0.25, 0.3) is 0 Å². The van der Waals surface area contributed by atoms with Crippen LogP contribution in [0.25, 0.3) is 10.9 Å². The molecule has 0 bridgehead atoms. The molecule has 0 aliphatic rings. The van der Waals surface area contributed by atoms with Gasteiger partial charge >= 0.3 is 5.97 Å². The fourth-order valence-electron chi connectivity index (χ4n) is 1.75. The van der Waals surface area contributed by atoms with Crippen molar-refractivity contribution in [3.05, 3.63) is 48.6 Å². The van der Waals surface area contributed by atoms with Crippen LogP contribution in [0.2, 0.25) is 0 Å². The van der Waals surface area contributed by atoms with Crippen molar-refractivity contribution in [1.29, 1.82) is 0 Å². The Bertz CT molecular complexity index is 593. The van der Waals surface area contributed by atoms with Crippen LogP contribution in [0.1, 0.15) is 16.8 Å². The predicted molar refractivity (Wildman–Crippen MR) is 72.0 cm³/mol. The lowest BCUT2D eigenvalue weighted by Gasteiger charge is -2.08. The lowest BCUT2D eigenvalue weighted by Crippen LogP contribution is -2.06. The van der Waals surface area contributed by atoms with Crippen molar-refractivity contribution in [3.63, 3.8) is 0 Å². The van der Waals surface area contributed by atoms with Crippen LogP contribution in [0.3, 0.4) is 0 Å². The minimum atomic E-state index is -0.944. The van der Waals surface area contributed by atoms with Crippen LogP contribution in [0, 0.1) is 0 Å². The van der Waals surface area contributed by atoms with Gasteiger partial charge in [-0.2, -0.15) is 0 Å². The van der Waals surface area contributed by atoms with E-state index in [2.05, 4.69) is 16.9 Å². The number of fused-ring (bicyclic) bond motifs is 1. The second kappa shape index (κ2) is 5.31. The Morgan fingerprint density at radius 2 is 2.22 bits per heavy atom. The molecule has 0 aliphatic heterocycles. The Balaban J connectivity index is 2.44. The quantitative estimate of drug-likeness (QED) is 0.625. The summed E-state index contributed by atoms with van der Waals surface area (Å²) in [5.41, 5.74) is 0.945. The van der Waals surface area contributed by atoms with Gasteiger partial charge in [-0.25, -0.2) is 9.78 Å². The van der Waals surface area contributed by atoms with E-state index >= 15 is 0 Å². The van der Waals surface area contributed by atoms with Gasteiger partial charge in [-0.3, -0.25) is 0 Å². The van der Waals surface area contributed by atoms with Crippen LogP contribution in [0.5, 0.6) is 0 Å². The molecule has 0 radical (unpaired) electrons. The van der Waals surface area contributed by atoms with E-state index in [0.29, 0.717) is 23.3 Å². The summed E-state index contributed by atoms with van der Waals surface area (Å²) in [5, 5.41) is 12.9. The normalized spacial score (nSPS) is 10.2. The van der Waals surface area contributed by atoms with E-state index in [9.17, 15) is 9.90 Å². The number of nitrogens with zero attached hydrogens (tertiary/aromatic N) is 1. The number of carboxylic acids is 1. The second-order valence-electron chi connectivity index (χ2n) is 3.88. The molecule has 0 unspecified atom stereocenters. The Labute approximate surface area is 105 Å². The molecular formula is C14H14N2O2. The SMILES string of the molecule is C=CCCNc1cc(C(=O)O)c2ccccc2n1. The molecule has 4 heteroatoms. The third kappa shape index (κ3) is 2.48. The summed E-state index contributed by atoms with van der Waals surface area (Å²) in [4.78, 5) is 15.6. The highest BCUT2D eigenvalue weighted by Gasteiger charge is 2.10. The molecule has 4 nitrogen and oxygen atoms in total. The third-order valence-electron chi connectivity index (χ3n) is 2.60. The number of nitrogens with one attached hydrogen (secondary N) is 1. The molecule has 0 amide bonds. The topological polar surface area (TPSA) is 62.2 Å². The number of pyridine rings is 1. The fraction of sp³-hybridized carbons (Fsp3) is 0.143. The van der Waals surface area contributed by atoms with Crippen LogP contribution in [0.15, 0.2) is 43.0 Å². The highest BCUT2D eigenvalue weighted by Crippen LogP contribution is 2.20. The molecule has 0 aliphatic carbocycles. The lowest BCUT2D eigenvalue weighted by atomic mass is 10.1. The average molecular weight is 242 g/mol. The monoisotopic (exact) mass is 242 g/mol. The minimum Gasteiger partial charge on any atom is -0.478 e. The van der Waals surface area contributed by atoms with E-state index in [4.69, 9.17) is 0 Å². The van der Waals surface area contributed by atoms with Gasteiger partial charge < -0.3 is 10.4 Å². The number of aromatic carboxylic acids is 1. The first kappa shape index (κ1) is 12.1. The first-order valence-corrected chi connectivity index (χ1v) is 5.70. The largest absolute Gasteiger partial charge is 0.478 e. The Hall–Kier alpha value is -2.36. The van der Waals surface area contributed by atoms with Crippen LogP contribution in [-0.2, 0) is 0 Å². The number of carboxylic acid groups (broad SMARTS) is 1. The van der Waals surface area contributed by atoms with Crippen molar-refractivity contribution in [2.75, 3.05) is 11.9 Å². The molecule has 1 aromatic heterocycles. The molecule has 18 heavy (non-hydrogen) atoms. The van der Waals surface area contributed by atoms with Crippen molar-refractivity contribution in [2.24, 2.45) is 0 Å². The first-order chi connectivity index (χ1) is 8.72. The van der Waals surface area contributed by atoms with Crippen molar-refractivity contribution in [2.45, 2.75) is 6.42 Å². The van der Waals surface area contributed by atoms with E-state index in [0.717, 1.165) is 6.42 Å². The maximum atomic E-state index is 11.2. The maximum Gasteiger partial charge on any atom is 0.336 e. The zero-order chi connectivity index (χ0) is 13.0. The Kier molecular flexibility index (Phi) is 3.57. The smallest absolute Gasteiger partial charge is 0.336 e. The standard InChI is InChI=1S/C14H14N2O2/c1-2-3-8-15-13-9-11(14(17)18)10-6-4-5-7-12(10)16-13/h2,4-7,9H,1,3,8H2,(H,15,16)(H,17,18). The first-order valence-electron chi connectivity index (χ1n) is 5.70. The average Bonchev–Trinajstić information content (AvgIpc) is 2.38. The summed E-state index contributed by atoms with van der Waals surface area (Å²) in [7, 11) is 0. The Morgan fingerprint density at radius 1 is 1.44 bits per heavy atom. The summed E-state index contributed by atoms with van der Waals surface area (Å²) in [6.07, 6.45) is 2.60. The molecule has 1 aromatic carbocycles. The van der Waals surface area contributed by atoms with Gasteiger partial charge in [-0.15, -0.1) is 6.58 Å². The van der Waals surface area contributed by atoms with Crippen LogP contribution in [-0.4, -0.2) is 22.6 Å².